The zero-order valence-electron chi connectivity index (χ0n) is 15.0. The van der Waals surface area contributed by atoms with E-state index in [9.17, 15) is 4.79 Å². The minimum absolute atomic E-state index is 0.00577. The van der Waals surface area contributed by atoms with E-state index in [0.717, 1.165) is 31.6 Å². The van der Waals surface area contributed by atoms with Crippen molar-refractivity contribution in [2.45, 2.75) is 38.6 Å². The molecule has 132 valence electrons. The lowest BCUT2D eigenvalue weighted by Crippen LogP contribution is -2.34. The molecule has 0 N–H and O–H groups in total. The number of carbonyl (C=O) groups is 1. The Bertz CT molecular complexity index is 765. The molecule has 0 radical (unpaired) electrons. The zero-order valence-corrected chi connectivity index (χ0v) is 15.8. The third-order valence-corrected chi connectivity index (χ3v) is 5.93. The fourth-order valence-electron chi connectivity index (χ4n) is 3.62. The van der Waals surface area contributed by atoms with Crippen molar-refractivity contribution in [1.29, 1.82) is 0 Å². The third kappa shape index (κ3) is 3.96. The monoisotopic (exact) mass is 355 g/mol. The van der Waals surface area contributed by atoms with Crippen LogP contribution in [0.25, 0.3) is 0 Å². The van der Waals surface area contributed by atoms with Gasteiger partial charge in [-0.05, 0) is 72.5 Å². The number of hydrogen-bond donors (Lipinski definition) is 0. The van der Waals surface area contributed by atoms with Gasteiger partial charge in [0.1, 0.15) is 5.75 Å². The minimum Gasteiger partial charge on any atom is -0.497 e. The van der Waals surface area contributed by atoms with Crippen molar-refractivity contribution in [2.24, 2.45) is 0 Å². The first kappa shape index (κ1) is 17.7. The van der Waals surface area contributed by atoms with Crippen LogP contribution in [0, 0.1) is 6.92 Å². The van der Waals surface area contributed by atoms with Gasteiger partial charge >= 0.3 is 0 Å². The van der Waals surface area contributed by atoms with Crippen molar-refractivity contribution < 1.29 is 9.53 Å². The van der Waals surface area contributed by atoms with Gasteiger partial charge in [0.15, 0.2) is 0 Å². The lowest BCUT2D eigenvalue weighted by atomic mass is 9.82. The number of benzene rings is 1. The minimum atomic E-state index is 0.00577. The van der Waals surface area contributed by atoms with Crippen LogP contribution in [0.1, 0.15) is 40.3 Å². The summed E-state index contributed by atoms with van der Waals surface area (Å²) in [5.74, 6) is 1.29. The van der Waals surface area contributed by atoms with E-state index in [0.29, 0.717) is 12.5 Å². The van der Waals surface area contributed by atoms with Crippen molar-refractivity contribution in [2.75, 3.05) is 13.7 Å². The summed E-state index contributed by atoms with van der Waals surface area (Å²) in [6, 6.07) is 8.46. The summed E-state index contributed by atoms with van der Waals surface area (Å²) in [5.41, 5.74) is 3.94. The predicted molar refractivity (Wildman–Crippen MR) is 103 cm³/mol. The highest BCUT2D eigenvalue weighted by Gasteiger charge is 2.25. The fourth-order valence-corrected chi connectivity index (χ4v) is 4.34. The number of carbonyl (C=O) groups excluding carboxylic acids is 1. The molecular formula is C21H25NO2S. The summed E-state index contributed by atoms with van der Waals surface area (Å²) < 4.78 is 5.36. The van der Waals surface area contributed by atoms with Gasteiger partial charge in [0.05, 0.1) is 7.11 Å². The molecule has 0 bridgehead atoms. The molecule has 1 aliphatic rings. The highest BCUT2D eigenvalue weighted by Crippen LogP contribution is 2.34. The number of ether oxygens (including phenoxy) is 1. The summed E-state index contributed by atoms with van der Waals surface area (Å²) in [7, 11) is 1.70. The van der Waals surface area contributed by atoms with Crippen LogP contribution in [0.15, 0.2) is 42.3 Å². The molecule has 0 spiro atoms. The van der Waals surface area contributed by atoms with Crippen LogP contribution < -0.4 is 4.74 Å². The second kappa shape index (κ2) is 7.87. The largest absolute Gasteiger partial charge is 0.497 e. The summed E-state index contributed by atoms with van der Waals surface area (Å²) in [4.78, 5) is 15.6. The van der Waals surface area contributed by atoms with Crippen LogP contribution >= 0.6 is 11.3 Å². The standard InChI is InChI=1S/C21H25NO2S/c1-4-21(23)22(13-17-10-11-25-15(17)2)14-18-7-5-6-16-12-19(24-3)8-9-20(16)18/h4,8-12,18H,1,5-7,13-14H2,2-3H3. The van der Waals surface area contributed by atoms with Crippen LogP contribution in [0.2, 0.25) is 0 Å². The number of amides is 1. The molecule has 0 aliphatic heterocycles. The Morgan fingerprint density at radius 1 is 1.44 bits per heavy atom. The van der Waals surface area contributed by atoms with E-state index < -0.39 is 0 Å². The zero-order chi connectivity index (χ0) is 17.8. The van der Waals surface area contributed by atoms with Gasteiger partial charge in [0.25, 0.3) is 0 Å². The molecule has 2 aromatic rings. The Morgan fingerprint density at radius 2 is 2.28 bits per heavy atom. The predicted octanol–water partition coefficient (Wildman–Crippen LogP) is 4.70. The molecule has 1 unspecified atom stereocenters. The molecule has 0 saturated heterocycles. The number of rotatable bonds is 6. The first-order chi connectivity index (χ1) is 12.1. The maximum Gasteiger partial charge on any atom is 0.246 e. The smallest absolute Gasteiger partial charge is 0.246 e. The summed E-state index contributed by atoms with van der Waals surface area (Å²) >= 11 is 1.73. The maximum absolute atomic E-state index is 12.4. The second-order valence-corrected chi connectivity index (χ2v) is 7.70. The van der Waals surface area contributed by atoms with Gasteiger partial charge in [0, 0.05) is 23.9 Å². The van der Waals surface area contributed by atoms with E-state index >= 15 is 0 Å². The number of fused-ring (bicyclic) bond motifs is 1. The molecule has 1 heterocycles. The third-order valence-electron chi connectivity index (χ3n) is 5.04. The van der Waals surface area contributed by atoms with Gasteiger partial charge in [0.2, 0.25) is 5.91 Å². The highest BCUT2D eigenvalue weighted by molar-refractivity contribution is 7.10. The molecule has 3 nitrogen and oxygen atoms in total. The van der Waals surface area contributed by atoms with Gasteiger partial charge in [-0.3, -0.25) is 4.79 Å². The summed E-state index contributed by atoms with van der Waals surface area (Å²) in [6.07, 6.45) is 4.78. The molecule has 1 aromatic heterocycles. The SMILES string of the molecule is C=CC(=O)N(Cc1ccsc1C)CC1CCCc2cc(OC)ccc21. The molecule has 1 aliphatic carbocycles. The number of thiophene rings is 1. The van der Waals surface area contributed by atoms with Gasteiger partial charge in [-0.25, -0.2) is 0 Å². The van der Waals surface area contributed by atoms with Crippen LogP contribution in [0.5, 0.6) is 5.75 Å². The summed E-state index contributed by atoms with van der Waals surface area (Å²) in [6.45, 7) is 7.19. The first-order valence-electron chi connectivity index (χ1n) is 8.73. The lowest BCUT2D eigenvalue weighted by molar-refractivity contribution is -0.126. The number of hydrogen-bond acceptors (Lipinski definition) is 3. The van der Waals surface area contributed by atoms with Gasteiger partial charge in [-0.1, -0.05) is 12.6 Å². The summed E-state index contributed by atoms with van der Waals surface area (Å²) in [5, 5.41) is 2.09. The van der Waals surface area contributed by atoms with Crippen molar-refractivity contribution in [3.05, 3.63) is 63.9 Å². The Labute approximate surface area is 153 Å². The molecule has 1 aromatic carbocycles. The van der Waals surface area contributed by atoms with E-state index in [1.165, 1.54) is 27.6 Å². The van der Waals surface area contributed by atoms with Crippen molar-refractivity contribution in [3.63, 3.8) is 0 Å². The Morgan fingerprint density at radius 3 is 2.96 bits per heavy atom. The number of methoxy groups -OCH3 is 1. The van der Waals surface area contributed by atoms with E-state index in [1.807, 2.05) is 11.0 Å². The second-order valence-electron chi connectivity index (χ2n) is 6.58. The Kier molecular flexibility index (Phi) is 5.59. The van der Waals surface area contributed by atoms with Gasteiger partial charge in [-0.15, -0.1) is 11.3 Å². The van der Waals surface area contributed by atoms with Crippen molar-refractivity contribution in [3.8, 4) is 5.75 Å². The van der Waals surface area contributed by atoms with E-state index in [2.05, 4.69) is 37.1 Å². The quantitative estimate of drug-likeness (QED) is 0.703. The Balaban J connectivity index is 1.82. The average Bonchev–Trinajstić information content (AvgIpc) is 3.04. The molecule has 1 amide bonds. The van der Waals surface area contributed by atoms with Crippen molar-refractivity contribution in [1.82, 2.24) is 4.90 Å². The molecule has 1 atom stereocenters. The number of nitrogens with zero attached hydrogens (tertiary/aromatic N) is 1. The Hall–Kier alpha value is -2.07. The van der Waals surface area contributed by atoms with Crippen molar-refractivity contribution >= 4 is 17.2 Å². The van der Waals surface area contributed by atoms with E-state index in [4.69, 9.17) is 4.74 Å². The van der Waals surface area contributed by atoms with E-state index in [1.54, 1.807) is 18.4 Å². The topological polar surface area (TPSA) is 29.5 Å². The number of aryl methyl sites for hydroxylation is 2. The van der Waals surface area contributed by atoms with Crippen LogP contribution in [-0.4, -0.2) is 24.5 Å². The molecule has 0 fully saturated rings. The average molecular weight is 356 g/mol. The first-order valence-corrected chi connectivity index (χ1v) is 9.61. The van der Waals surface area contributed by atoms with Crippen LogP contribution in [-0.2, 0) is 17.8 Å². The van der Waals surface area contributed by atoms with Gasteiger partial charge < -0.3 is 9.64 Å². The molecule has 0 saturated carbocycles. The molecular weight excluding hydrogens is 330 g/mol. The van der Waals surface area contributed by atoms with E-state index in [-0.39, 0.29) is 5.91 Å². The highest BCUT2D eigenvalue weighted by atomic mass is 32.1. The maximum atomic E-state index is 12.4. The molecule has 4 heteroatoms. The fraction of sp³-hybridized carbons (Fsp3) is 0.381. The molecule has 25 heavy (non-hydrogen) atoms. The molecule has 3 rings (SSSR count). The van der Waals surface area contributed by atoms with Gasteiger partial charge in [-0.2, -0.15) is 0 Å². The lowest BCUT2D eigenvalue weighted by Gasteiger charge is -2.31. The van der Waals surface area contributed by atoms with Crippen LogP contribution in [0.3, 0.4) is 0 Å². The normalized spacial score (nSPS) is 16.2. The van der Waals surface area contributed by atoms with Crippen LogP contribution in [0.4, 0.5) is 0 Å².